The number of carbonyl (C=O) groups excluding carboxylic acids is 3. The third kappa shape index (κ3) is 4.59. The number of pyridine rings is 1. The summed E-state index contributed by atoms with van der Waals surface area (Å²) >= 11 is 0. The molecule has 0 amide bonds. The molecule has 1 aromatic heterocycles. The highest BCUT2D eigenvalue weighted by Gasteiger charge is 2.40. The number of aromatic nitrogens is 1. The predicted octanol–water partition coefficient (Wildman–Crippen LogP) is 6.05. The van der Waals surface area contributed by atoms with Crippen LogP contribution in [0.3, 0.4) is 0 Å². The van der Waals surface area contributed by atoms with Gasteiger partial charge in [-0.1, -0.05) is 42.5 Å². The second-order valence-corrected chi connectivity index (χ2v) is 8.93. The van der Waals surface area contributed by atoms with Gasteiger partial charge in [0.25, 0.3) is 0 Å². The summed E-state index contributed by atoms with van der Waals surface area (Å²) in [6.07, 6.45) is 2.80. The summed E-state index contributed by atoms with van der Waals surface area (Å²) in [5.74, 6) is -0.936. The van der Waals surface area contributed by atoms with Crippen molar-refractivity contribution >= 4 is 39.2 Å². The van der Waals surface area contributed by atoms with Crippen LogP contribution in [0.5, 0.6) is 5.75 Å². The summed E-state index contributed by atoms with van der Waals surface area (Å²) in [5, 5.41) is 2.74. The van der Waals surface area contributed by atoms with Crippen molar-refractivity contribution in [2.75, 3.05) is 13.2 Å². The molecule has 0 saturated heterocycles. The van der Waals surface area contributed by atoms with Crippen LogP contribution in [0.2, 0.25) is 0 Å². The van der Waals surface area contributed by atoms with Crippen molar-refractivity contribution in [1.82, 2.24) is 4.98 Å². The Hall–Kier alpha value is -4.06. The number of para-hydroxylation sites is 1. The molecular weight excluding hydrogens is 454 g/mol. The monoisotopic (exact) mass is 481 g/mol. The number of nitrogens with zero attached hydrogens (tertiary/aromatic N) is 1. The second kappa shape index (κ2) is 10.3. The van der Waals surface area contributed by atoms with E-state index in [0.717, 1.165) is 35.4 Å². The number of ketones is 2. The van der Waals surface area contributed by atoms with Crippen molar-refractivity contribution in [2.45, 2.75) is 38.5 Å². The molecule has 0 fully saturated rings. The Kier molecular flexibility index (Phi) is 6.76. The summed E-state index contributed by atoms with van der Waals surface area (Å²) in [5.41, 5.74) is 1.97. The van der Waals surface area contributed by atoms with E-state index in [-0.39, 0.29) is 17.5 Å². The van der Waals surface area contributed by atoms with Crippen molar-refractivity contribution in [2.24, 2.45) is 0 Å². The summed E-state index contributed by atoms with van der Waals surface area (Å²) in [4.78, 5) is 42.8. The Balaban J connectivity index is 1.33. The van der Waals surface area contributed by atoms with E-state index in [2.05, 4.69) is 0 Å². The Morgan fingerprint density at radius 3 is 2.22 bits per heavy atom. The Morgan fingerprint density at radius 2 is 1.53 bits per heavy atom. The first kappa shape index (κ1) is 23.7. The van der Waals surface area contributed by atoms with E-state index in [1.807, 2.05) is 60.7 Å². The molecule has 6 heteroatoms. The maximum Gasteiger partial charge on any atom is 0.305 e. The van der Waals surface area contributed by atoms with Crippen LogP contribution in [0.15, 0.2) is 66.7 Å². The van der Waals surface area contributed by atoms with Gasteiger partial charge in [0.15, 0.2) is 11.6 Å². The van der Waals surface area contributed by atoms with Crippen LogP contribution in [0.1, 0.15) is 64.9 Å². The lowest BCUT2D eigenvalue weighted by molar-refractivity contribution is -0.143. The van der Waals surface area contributed by atoms with Crippen molar-refractivity contribution in [3.63, 3.8) is 0 Å². The lowest BCUT2D eigenvalue weighted by Crippen LogP contribution is -2.14. The number of esters is 1. The summed E-state index contributed by atoms with van der Waals surface area (Å²) in [6, 6.07) is 20.6. The van der Waals surface area contributed by atoms with Crippen LogP contribution in [0.4, 0.5) is 0 Å². The highest BCUT2D eigenvalue weighted by Crippen LogP contribution is 2.37. The van der Waals surface area contributed by atoms with Crippen molar-refractivity contribution in [3.8, 4) is 5.75 Å². The first-order chi connectivity index (χ1) is 17.6. The zero-order valence-electron chi connectivity index (χ0n) is 20.2. The fraction of sp³-hybridized carbons (Fsp3) is 0.267. The van der Waals surface area contributed by atoms with E-state index >= 15 is 0 Å². The van der Waals surface area contributed by atoms with Gasteiger partial charge < -0.3 is 9.47 Å². The van der Waals surface area contributed by atoms with E-state index in [1.165, 1.54) is 0 Å². The topological polar surface area (TPSA) is 82.6 Å². The molecule has 6 nitrogen and oxygen atoms in total. The van der Waals surface area contributed by atoms with Gasteiger partial charge in [-0.25, -0.2) is 4.98 Å². The minimum Gasteiger partial charge on any atom is -0.491 e. The van der Waals surface area contributed by atoms with Crippen LogP contribution in [0.25, 0.3) is 21.7 Å². The molecule has 36 heavy (non-hydrogen) atoms. The number of hydrogen-bond donors (Lipinski definition) is 0. The minimum atomic E-state index is -0.947. The molecule has 4 aromatic rings. The Morgan fingerprint density at radius 1 is 0.833 bits per heavy atom. The Labute approximate surface area is 209 Å². The molecule has 0 atom stereocenters. The molecule has 5 rings (SSSR count). The average Bonchev–Trinajstić information content (AvgIpc) is 3.13. The van der Waals surface area contributed by atoms with Gasteiger partial charge in [-0.2, -0.15) is 0 Å². The van der Waals surface area contributed by atoms with Gasteiger partial charge in [0.2, 0.25) is 0 Å². The minimum absolute atomic E-state index is 0.171. The highest BCUT2D eigenvalue weighted by atomic mass is 16.5. The van der Waals surface area contributed by atoms with Crippen molar-refractivity contribution in [3.05, 3.63) is 83.6 Å². The van der Waals surface area contributed by atoms with Crippen LogP contribution < -0.4 is 4.74 Å². The molecule has 0 unspecified atom stereocenters. The van der Waals surface area contributed by atoms with Crippen molar-refractivity contribution < 1.29 is 23.9 Å². The third-order valence-corrected chi connectivity index (χ3v) is 6.53. The lowest BCUT2D eigenvalue weighted by Gasteiger charge is -2.12. The molecule has 3 aromatic carbocycles. The fourth-order valence-electron chi connectivity index (χ4n) is 4.72. The molecule has 0 saturated carbocycles. The summed E-state index contributed by atoms with van der Waals surface area (Å²) in [7, 11) is 0. The number of hydrogen-bond acceptors (Lipinski definition) is 6. The number of ether oxygens (including phenoxy) is 2. The fourth-order valence-corrected chi connectivity index (χ4v) is 4.72. The average molecular weight is 482 g/mol. The third-order valence-electron chi connectivity index (χ3n) is 6.53. The van der Waals surface area contributed by atoms with Crippen molar-refractivity contribution in [1.29, 1.82) is 0 Å². The van der Waals surface area contributed by atoms with Gasteiger partial charge in [0.05, 0.1) is 18.9 Å². The van der Waals surface area contributed by atoms with Crippen LogP contribution in [-0.4, -0.2) is 35.7 Å². The van der Waals surface area contributed by atoms with E-state index in [1.54, 1.807) is 13.0 Å². The SMILES string of the molecule is CCOC(=O)CCCCCOc1cccc2ccc(C3C(=O)c4cc5ccccc5cc4C3=O)nc12. The Bertz CT molecular complexity index is 1420. The van der Waals surface area contributed by atoms with Gasteiger partial charge in [-0.05, 0) is 61.2 Å². The number of rotatable bonds is 9. The quantitative estimate of drug-likeness (QED) is 0.164. The van der Waals surface area contributed by atoms with E-state index < -0.39 is 5.92 Å². The normalized spacial score (nSPS) is 13.4. The van der Waals surface area contributed by atoms with Gasteiger partial charge in [0, 0.05) is 22.9 Å². The number of Topliss-reactive ketones (excluding diaryl/α,β-unsaturated/α-hetero) is 2. The first-order valence-electron chi connectivity index (χ1n) is 12.4. The largest absolute Gasteiger partial charge is 0.491 e. The first-order valence-corrected chi connectivity index (χ1v) is 12.4. The maximum absolute atomic E-state index is 13.3. The number of benzene rings is 3. The molecule has 0 bridgehead atoms. The smallest absolute Gasteiger partial charge is 0.305 e. The number of carbonyl (C=O) groups is 3. The number of fused-ring (bicyclic) bond motifs is 3. The zero-order valence-corrected chi connectivity index (χ0v) is 20.2. The van der Waals surface area contributed by atoms with Crippen LogP contribution in [-0.2, 0) is 9.53 Å². The molecule has 1 aliphatic rings. The molecule has 0 N–H and O–H groups in total. The zero-order chi connectivity index (χ0) is 25.1. The highest BCUT2D eigenvalue weighted by molar-refractivity contribution is 6.30. The van der Waals surface area contributed by atoms with Crippen LogP contribution in [0, 0.1) is 0 Å². The van der Waals surface area contributed by atoms with Gasteiger partial charge in [-0.3, -0.25) is 14.4 Å². The summed E-state index contributed by atoms with van der Waals surface area (Å²) in [6.45, 7) is 2.68. The molecular formula is C30H27NO5. The van der Waals surface area contributed by atoms with Gasteiger partial charge >= 0.3 is 5.97 Å². The predicted molar refractivity (Wildman–Crippen MR) is 138 cm³/mol. The molecule has 182 valence electrons. The maximum atomic E-state index is 13.3. The van der Waals surface area contributed by atoms with Gasteiger partial charge in [-0.15, -0.1) is 0 Å². The van der Waals surface area contributed by atoms with E-state index in [0.29, 0.717) is 47.7 Å². The van der Waals surface area contributed by atoms with Crippen LogP contribution >= 0.6 is 0 Å². The number of unbranched alkanes of at least 4 members (excludes halogenated alkanes) is 2. The standard InChI is InChI=1S/C30H27NO5/c1-2-35-26(32)13-4-3-7-16-36-25-12-8-11-19-14-15-24(31-28(19)25)27-29(33)22-17-20-9-5-6-10-21(20)18-23(22)30(27)34/h5-6,8-12,14-15,17-18,27H,2-4,7,13,16H2,1H3. The van der Waals surface area contributed by atoms with E-state index in [9.17, 15) is 14.4 Å². The molecule has 1 aliphatic carbocycles. The lowest BCUT2D eigenvalue weighted by atomic mass is 9.98. The molecule has 0 radical (unpaired) electrons. The van der Waals surface area contributed by atoms with E-state index in [4.69, 9.17) is 14.5 Å². The van der Waals surface area contributed by atoms with Gasteiger partial charge in [0.1, 0.15) is 17.2 Å². The second-order valence-electron chi connectivity index (χ2n) is 8.93. The molecule has 0 aliphatic heterocycles. The molecule has 1 heterocycles. The summed E-state index contributed by atoms with van der Waals surface area (Å²) < 4.78 is 11.0. The molecule has 0 spiro atoms.